The Kier molecular flexibility index (Phi) is 5.10. The van der Waals surface area contributed by atoms with Crippen LogP contribution in [0.1, 0.15) is 25.0 Å². The van der Waals surface area contributed by atoms with E-state index in [1.54, 1.807) is 6.33 Å². The summed E-state index contributed by atoms with van der Waals surface area (Å²) in [6.45, 7) is 3.50. The molecule has 0 bridgehead atoms. The van der Waals surface area contributed by atoms with Gasteiger partial charge in [-0.3, -0.25) is 4.79 Å². The molecule has 1 amide bonds. The standard InChI is InChI=1S/C17H27N5O/c1-21(2)16-9-15(19-12-20-16)8-13-10-18-6-7-22(11-13)17(23)14-4-3-5-14/h9,12-14,18H,3-8,10-11H2,1-2H3. The van der Waals surface area contributed by atoms with Crippen molar-refractivity contribution < 1.29 is 4.79 Å². The zero-order valence-corrected chi connectivity index (χ0v) is 14.2. The van der Waals surface area contributed by atoms with Crippen LogP contribution in [0, 0.1) is 11.8 Å². The number of carbonyl (C=O) groups is 1. The normalized spacial score (nSPS) is 22.3. The van der Waals surface area contributed by atoms with Gasteiger partial charge >= 0.3 is 0 Å². The van der Waals surface area contributed by atoms with Crippen molar-refractivity contribution in [2.24, 2.45) is 11.8 Å². The molecule has 2 fully saturated rings. The molecule has 2 aliphatic rings. The van der Waals surface area contributed by atoms with Gasteiger partial charge in [0.15, 0.2) is 0 Å². The molecule has 1 unspecified atom stereocenters. The van der Waals surface area contributed by atoms with Gasteiger partial charge in [0.2, 0.25) is 5.91 Å². The maximum atomic E-state index is 12.5. The summed E-state index contributed by atoms with van der Waals surface area (Å²) >= 11 is 0. The van der Waals surface area contributed by atoms with Gasteiger partial charge in [0.1, 0.15) is 12.1 Å². The Morgan fingerprint density at radius 2 is 2.22 bits per heavy atom. The van der Waals surface area contributed by atoms with Crippen molar-refractivity contribution in [2.45, 2.75) is 25.7 Å². The molecule has 3 rings (SSSR count). The molecule has 1 atom stereocenters. The van der Waals surface area contributed by atoms with Crippen LogP contribution >= 0.6 is 0 Å². The lowest BCUT2D eigenvalue weighted by atomic mass is 9.84. The van der Waals surface area contributed by atoms with Gasteiger partial charge in [0, 0.05) is 58.0 Å². The molecule has 2 heterocycles. The van der Waals surface area contributed by atoms with Crippen LogP contribution < -0.4 is 10.2 Å². The second-order valence-electron chi connectivity index (χ2n) is 6.95. The minimum Gasteiger partial charge on any atom is -0.363 e. The Labute approximate surface area is 138 Å². The van der Waals surface area contributed by atoms with Crippen molar-refractivity contribution in [3.8, 4) is 0 Å². The molecule has 1 aromatic rings. The van der Waals surface area contributed by atoms with Crippen LogP contribution in [0.5, 0.6) is 0 Å². The van der Waals surface area contributed by atoms with E-state index in [9.17, 15) is 4.79 Å². The Balaban J connectivity index is 1.64. The van der Waals surface area contributed by atoms with Gasteiger partial charge in [-0.25, -0.2) is 9.97 Å². The number of carbonyl (C=O) groups excluding carboxylic acids is 1. The first-order valence-electron chi connectivity index (χ1n) is 8.61. The number of hydrogen-bond donors (Lipinski definition) is 1. The van der Waals surface area contributed by atoms with Gasteiger partial charge in [-0.1, -0.05) is 6.42 Å². The number of anilines is 1. The SMILES string of the molecule is CN(C)c1cc(CC2CNCCN(C(=O)C3CCC3)C2)ncn1. The lowest BCUT2D eigenvalue weighted by Crippen LogP contribution is -2.42. The average Bonchev–Trinajstić information content (AvgIpc) is 2.71. The molecule has 1 N–H and O–H groups in total. The monoisotopic (exact) mass is 317 g/mol. The van der Waals surface area contributed by atoms with Crippen LogP contribution in [0.3, 0.4) is 0 Å². The van der Waals surface area contributed by atoms with Crippen LogP contribution in [0.2, 0.25) is 0 Å². The van der Waals surface area contributed by atoms with Crippen molar-refractivity contribution in [2.75, 3.05) is 45.2 Å². The third-order valence-electron chi connectivity index (χ3n) is 4.90. The van der Waals surface area contributed by atoms with Gasteiger partial charge in [-0.2, -0.15) is 0 Å². The van der Waals surface area contributed by atoms with Crippen molar-refractivity contribution >= 4 is 11.7 Å². The van der Waals surface area contributed by atoms with Crippen LogP contribution in [-0.2, 0) is 11.2 Å². The van der Waals surface area contributed by atoms with E-state index in [0.717, 1.165) is 57.0 Å². The third-order valence-corrected chi connectivity index (χ3v) is 4.90. The molecule has 1 saturated heterocycles. The first kappa shape index (κ1) is 16.2. The van der Waals surface area contributed by atoms with Gasteiger partial charge in [0.25, 0.3) is 0 Å². The summed E-state index contributed by atoms with van der Waals surface area (Å²) in [5, 5.41) is 3.47. The molecule has 1 aliphatic heterocycles. The van der Waals surface area contributed by atoms with Crippen LogP contribution in [0.15, 0.2) is 12.4 Å². The highest BCUT2D eigenvalue weighted by atomic mass is 16.2. The van der Waals surface area contributed by atoms with E-state index in [4.69, 9.17) is 0 Å². The number of aromatic nitrogens is 2. The zero-order valence-electron chi connectivity index (χ0n) is 14.2. The molecule has 0 spiro atoms. The maximum absolute atomic E-state index is 12.5. The molecular weight excluding hydrogens is 290 g/mol. The quantitative estimate of drug-likeness (QED) is 0.895. The van der Waals surface area contributed by atoms with E-state index in [-0.39, 0.29) is 5.92 Å². The summed E-state index contributed by atoms with van der Waals surface area (Å²) in [5.74, 6) is 1.99. The predicted octanol–water partition coefficient (Wildman–Crippen LogP) is 0.933. The van der Waals surface area contributed by atoms with E-state index in [1.807, 2.05) is 25.1 Å². The minimum absolute atomic E-state index is 0.285. The minimum atomic E-state index is 0.285. The van der Waals surface area contributed by atoms with Crippen molar-refractivity contribution in [3.63, 3.8) is 0 Å². The topological polar surface area (TPSA) is 61.4 Å². The van der Waals surface area contributed by atoms with E-state index >= 15 is 0 Å². The second-order valence-corrected chi connectivity index (χ2v) is 6.95. The highest BCUT2D eigenvalue weighted by Crippen LogP contribution is 2.28. The maximum Gasteiger partial charge on any atom is 0.225 e. The largest absolute Gasteiger partial charge is 0.363 e. The number of rotatable bonds is 4. The van der Waals surface area contributed by atoms with E-state index in [2.05, 4.69) is 20.2 Å². The Hall–Kier alpha value is -1.69. The van der Waals surface area contributed by atoms with E-state index in [0.29, 0.717) is 11.8 Å². The number of nitrogens with one attached hydrogen (secondary N) is 1. The summed E-state index contributed by atoms with van der Waals surface area (Å²) in [6, 6.07) is 2.04. The first-order chi connectivity index (χ1) is 11.1. The molecule has 0 aromatic carbocycles. The summed E-state index contributed by atoms with van der Waals surface area (Å²) in [6.07, 6.45) is 5.87. The van der Waals surface area contributed by atoms with Gasteiger partial charge in [0.05, 0.1) is 0 Å². The highest BCUT2D eigenvalue weighted by Gasteiger charge is 2.31. The molecule has 6 nitrogen and oxygen atoms in total. The fraction of sp³-hybridized carbons (Fsp3) is 0.706. The third kappa shape index (κ3) is 3.99. The van der Waals surface area contributed by atoms with Gasteiger partial charge < -0.3 is 15.1 Å². The van der Waals surface area contributed by atoms with E-state index < -0.39 is 0 Å². The highest BCUT2D eigenvalue weighted by molar-refractivity contribution is 5.79. The molecule has 23 heavy (non-hydrogen) atoms. The molecule has 1 aliphatic carbocycles. The zero-order chi connectivity index (χ0) is 16.2. The fourth-order valence-electron chi connectivity index (χ4n) is 3.28. The molecule has 1 aromatic heterocycles. The number of hydrogen-bond acceptors (Lipinski definition) is 5. The summed E-state index contributed by atoms with van der Waals surface area (Å²) in [5.41, 5.74) is 1.05. The van der Waals surface area contributed by atoms with Crippen LogP contribution in [0.25, 0.3) is 0 Å². The lowest BCUT2D eigenvalue weighted by molar-refractivity contribution is -0.138. The number of nitrogens with zero attached hydrogens (tertiary/aromatic N) is 4. The number of amides is 1. The first-order valence-corrected chi connectivity index (χ1v) is 8.61. The molecular formula is C17H27N5O. The fourth-order valence-corrected chi connectivity index (χ4v) is 3.28. The summed E-state index contributed by atoms with van der Waals surface area (Å²) < 4.78 is 0. The smallest absolute Gasteiger partial charge is 0.225 e. The average molecular weight is 317 g/mol. The Morgan fingerprint density at radius 1 is 1.39 bits per heavy atom. The molecule has 0 radical (unpaired) electrons. The van der Waals surface area contributed by atoms with Crippen molar-refractivity contribution in [3.05, 3.63) is 18.1 Å². The summed E-state index contributed by atoms with van der Waals surface area (Å²) in [4.78, 5) is 25.3. The molecule has 1 saturated carbocycles. The molecule has 126 valence electrons. The van der Waals surface area contributed by atoms with Crippen LogP contribution in [-0.4, -0.2) is 61.0 Å². The van der Waals surface area contributed by atoms with Gasteiger partial charge in [-0.05, 0) is 25.2 Å². The lowest BCUT2D eigenvalue weighted by Gasteiger charge is -2.32. The van der Waals surface area contributed by atoms with E-state index in [1.165, 1.54) is 6.42 Å². The second kappa shape index (κ2) is 7.25. The summed E-state index contributed by atoms with van der Waals surface area (Å²) in [7, 11) is 3.97. The Morgan fingerprint density at radius 3 is 2.91 bits per heavy atom. The predicted molar refractivity (Wildman–Crippen MR) is 90.3 cm³/mol. The molecule has 6 heteroatoms. The van der Waals surface area contributed by atoms with Crippen molar-refractivity contribution in [1.82, 2.24) is 20.2 Å². The van der Waals surface area contributed by atoms with Crippen molar-refractivity contribution in [1.29, 1.82) is 0 Å². The van der Waals surface area contributed by atoms with Gasteiger partial charge in [-0.15, -0.1) is 0 Å². The van der Waals surface area contributed by atoms with Crippen LogP contribution in [0.4, 0.5) is 5.82 Å². The Bertz CT molecular complexity index is 544.